The van der Waals surface area contributed by atoms with E-state index in [1.54, 1.807) is 12.2 Å². The molecule has 8 aromatic heterocycles. The fraction of sp³-hybridized carbons (Fsp3) is 0.622. The highest BCUT2D eigenvalue weighted by molar-refractivity contribution is 5.88. The van der Waals surface area contributed by atoms with Gasteiger partial charge in [0.15, 0.2) is 11.6 Å². The molecule has 0 radical (unpaired) electrons. The summed E-state index contributed by atoms with van der Waals surface area (Å²) in [7, 11) is 0. The third-order valence-corrected chi connectivity index (χ3v) is 19.3. The zero-order valence-electron chi connectivity index (χ0n) is 79.1. The van der Waals surface area contributed by atoms with Crippen LogP contribution in [0.25, 0.3) is 17.5 Å². The summed E-state index contributed by atoms with van der Waals surface area (Å²) in [6, 6.07) is 9.47. The summed E-state index contributed by atoms with van der Waals surface area (Å²) in [5.74, 6) is 8.68. The van der Waals surface area contributed by atoms with Gasteiger partial charge in [0.25, 0.3) is 0 Å². The number of hydrogen-bond donors (Lipinski definition) is 14. The van der Waals surface area contributed by atoms with Gasteiger partial charge in [-0.05, 0) is 57.9 Å². The standard InChI is InChI=1S/C19H33N7.C18H35N5.C14H23N5O2.C14H27N5.C10H19N5.C9H9N5.C6H9N5/c1-2-3-4-5-6-7-8-9-10-11-17-22-13-15-26(17)14-12-16-23-18(20)25-19(21)24-16;1-4-7-10-11-12-13-16-21-17(19-14-8-5-2)23-18(22-16)20-15-9-6-3;1-4-5-6-7-8-9-12-17-13(15-10(2)20)19-14(18-12)16-11(3)21;1-2-3-4-5-6-7-8-9-10-11-12-17-13(15)19-14(16)18-12;1-2-3-4-5-6-7-8-13-9(11)15-10(12)14-8;10-8-12-7(13-9(11)14-8)6-4-2-1-3-5-6;1-2-3-4-9-5(7)11-6(8)10-4/h13,15H,2-12,14H2,1H3,(H4,20,21,23,24,25);4-15H2,1-3H3,(H2,19,20,21,22,23);4-9H2,1-3H3,(H2,15,16,17,18,19,20,21);2-11H2,1H3,(H4,15,16,17,18,19);2-7H2,1H3,(H4,11,12,13,14,15);1-5H,(H4,10,11,12,13,14);2-3H,1H3,(H4,7,8,9,10,11)/b;;;;;;3-2+. The third kappa shape index (κ3) is 56.6. The van der Waals surface area contributed by atoms with Gasteiger partial charge < -0.3 is 72.5 Å². The van der Waals surface area contributed by atoms with Crippen molar-refractivity contribution in [2.75, 3.05) is 91.7 Å². The number of amides is 2. The Morgan fingerprint density at radius 1 is 0.310 bits per heavy atom. The number of aryl methyl sites for hydroxylation is 7. The summed E-state index contributed by atoms with van der Waals surface area (Å²) in [6.45, 7) is 22.7. The van der Waals surface area contributed by atoms with Gasteiger partial charge in [0.1, 0.15) is 34.9 Å². The number of benzene rings is 1. The number of carbonyl (C=O) groups is 2. The molecule has 0 atom stereocenters. The first-order valence-electron chi connectivity index (χ1n) is 46.9. The van der Waals surface area contributed by atoms with E-state index < -0.39 is 0 Å². The highest BCUT2D eigenvalue weighted by atomic mass is 16.2. The molecule has 0 unspecified atom stereocenters. The van der Waals surface area contributed by atoms with Gasteiger partial charge in [-0.3, -0.25) is 20.2 Å². The fourth-order valence-electron chi connectivity index (χ4n) is 12.7. The molecule has 712 valence electrons. The van der Waals surface area contributed by atoms with Crippen molar-refractivity contribution >= 4 is 101 Å². The quantitative estimate of drug-likeness (QED) is 0.0157. The predicted octanol–water partition coefficient (Wildman–Crippen LogP) is 16.1. The minimum atomic E-state index is -0.260. The monoisotopic (exact) mass is 1790 g/mol. The van der Waals surface area contributed by atoms with Crippen molar-refractivity contribution in [1.82, 2.24) is 114 Å². The number of unbranched alkanes of at least 4 members (excludes halogenated alkanes) is 30. The first kappa shape index (κ1) is 111. The second kappa shape index (κ2) is 70.8. The van der Waals surface area contributed by atoms with Crippen LogP contribution in [0.1, 0.15) is 348 Å². The molecule has 0 aliphatic carbocycles. The minimum Gasteiger partial charge on any atom is -0.368 e. The molecule has 0 spiro atoms. The van der Waals surface area contributed by atoms with Gasteiger partial charge in [-0.1, -0.05) is 277 Å². The number of aromatic nitrogens is 23. The second-order valence-electron chi connectivity index (χ2n) is 31.2. The smallest absolute Gasteiger partial charge is 0.234 e. The van der Waals surface area contributed by atoms with E-state index in [9.17, 15) is 9.59 Å². The van der Waals surface area contributed by atoms with Crippen LogP contribution in [-0.4, -0.2) is 139 Å². The zero-order chi connectivity index (χ0) is 94.3. The maximum absolute atomic E-state index is 11.1. The molecular formula is C90H155N37O2. The highest BCUT2D eigenvalue weighted by Gasteiger charge is 2.13. The first-order valence-corrected chi connectivity index (χ1v) is 46.9. The molecular weight excluding hydrogens is 1630 g/mol. The second-order valence-corrected chi connectivity index (χ2v) is 31.2. The van der Waals surface area contributed by atoms with Crippen molar-refractivity contribution in [2.24, 2.45) is 0 Å². The number of hydrogen-bond acceptors (Lipinski definition) is 36. The van der Waals surface area contributed by atoms with Crippen LogP contribution < -0.4 is 78.6 Å². The Morgan fingerprint density at radius 3 is 0.915 bits per heavy atom. The highest BCUT2D eigenvalue weighted by Crippen LogP contribution is 2.20. The molecule has 2 amide bonds. The molecule has 1 aromatic carbocycles. The number of nitrogens with two attached hydrogens (primary N) is 10. The van der Waals surface area contributed by atoms with Crippen LogP contribution in [0.3, 0.4) is 0 Å². The van der Waals surface area contributed by atoms with Crippen LogP contribution in [0.5, 0.6) is 0 Å². The molecule has 0 saturated heterocycles. The lowest BCUT2D eigenvalue weighted by Crippen LogP contribution is -2.16. The largest absolute Gasteiger partial charge is 0.368 e. The molecule has 9 aromatic rings. The van der Waals surface area contributed by atoms with Crippen LogP contribution >= 0.6 is 0 Å². The van der Waals surface area contributed by atoms with Crippen molar-refractivity contribution < 1.29 is 9.59 Å². The number of rotatable bonds is 53. The minimum absolute atomic E-state index is 0.136. The van der Waals surface area contributed by atoms with Crippen molar-refractivity contribution in [3.05, 3.63) is 89.6 Å². The number of allylic oxidation sites excluding steroid dienone is 1. The molecule has 8 heterocycles. The molecule has 0 aliphatic rings. The van der Waals surface area contributed by atoms with Gasteiger partial charge in [0.05, 0.1) is 0 Å². The van der Waals surface area contributed by atoms with Crippen molar-refractivity contribution in [3.8, 4) is 11.4 Å². The van der Waals surface area contributed by atoms with E-state index in [0.717, 1.165) is 119 Å². The third-order valence-electron chi connectivity index (χ3n) is 19.3. The number of anilines is 14. The van der Waals surface area contributed by atoms with Gasteiger partial charge in [-0.2, -0.15) is 105 Å². The zero-order valence-corrected chi connectivity index (χ0v) is 79.1. The Hall–Kier alpha value is -12.2. The summed E-state index contributed by atoms with van der Waals surface area (Å²) in [5.41, 5.74) is 55.6. The fourth-order valence-corrected chi connectivity index (χ4v) is 12.7. The predicted molar refractivity (Wildman–Crippen MR) is 524 cm³/mol. The lowest BCUT2D eigenvalue weighted by molar-refractivity contribution is -0.115. The Labute approximate surface area is 765 Å². The van der Waals surface area contributed by atoms with Gasteiger partial charge >= 0.3 is 0 Å². The Morgan fingerprint density at radius 2 is 0.589 bits per heavy atom. The van der Waals surface area contributed by atoms with Crippen LogP contribution in [0.2, 0.25) is 0 Å². The molecule has 24 N–H and O–H groups in total. The molecule has 0 saturated carbocycles. The van der Waals surface area contributed by atoms with Crippen molar-refractivity contribution in [1.29, 1.82) is 0 Å². The first-order chi connectivity index (χ1) is 62.4. The van der Waals surface area contributed by atoms with Gasteiger partial charge in [0.2, 0.25) is 95.1 Å². The van der Waals surface area contributed by atoms with Crippen LogP contribution in [-0.2, 0) is 54.7 Å². The molecule has 0 aliphatic heterocycles. The maximum atomic E-state index is 11.1. The number of carbonyl (C=O) groups excluding carboxylic acids is 2. The maximum Gasteiger partial charge on any atom is 0.234 e. The summed E-state index contributed by atoms with van der Waals surface area (Å²) < 4.78 is 2.17. The van der Waals surface area contributed by atoms with Crippen LogP contribution in [0.15, 0.2) is 48.8 Å². The van der Waals surface area contributed by atoms with E-state index in [1.807, 2.05) is 49.6 Å². The van der Waals surface area contributed by atoms with Gasteiger partial charge in [-0.25, -0.2) is 4.98 Å². The summed E-state index contributed by atoms with van der Waals surface area (Å²) in [5, 5.41) is 11.7. The summed E-state index contributed by atoms with van der Waals surface area (Å²) >= 11 is 0. The Kier molecular flexibility index (Phi) is 60.9. The molecule has 129 heavy (non-hydrogen) atoms. The molecule has 39 heteroatoms. The lowest BCUT2D eigenvalue weighted by Gasteiger charge is -2.10. The van der Waals surface area contributed by atoms with E-state index >= 15 is 0 Å². The molecule has 0 bridgehead atoms. The number of nitrogens with one attached hydrogen (secondary N) is 4. The van der Waals surface area contributed by atoms with E-state index in [0.29, 0.717) is 47.8 Å². The van der Waals surface area contributed by atoms with Crippen molar-refractivity contribution in [3.63, 3.8) is 0 Å². The average Bonchev–Trinajstić information content (AvgIpc) is 0.956. The molecule has 0 fully saturated rings. The average molecular weight is 1790 g/mol. The van der Waals surface area contributed by atoms with E-state index in [2.05, 4.69) is 184 Å². The van der Waals surface area contributed by atoms with E-state index in [1.165, 1.54) is 206 Å². The normalized spacial score (nSPS) is 10.6. The van der Waals surface area contributed by atoms with E-state index in [-0.39, 0.29) is 83.2 Å². The molecule has 39 nitrogen and oxygen atoms in total. The Bertz CT molecular complexity index is 4300. The summed E-state index contributed by atoms with van der Waals surface area (Å²) in [6.07, 6.45) is 59.0. The number of imidazole rings is 1. The number of nitrogen functional groups attached to an aromatic ring is 10. The SMILES string of the molecule is C/C=C/c1nc(N)nc(N)n1.CCCCCCCCCCCc1nc(N)nc(N)n1.CCCCCCCCCCCc1nccn1CCc1nc(N)nc(N)n1.CCCCCCCc1nc(N)nc(N)n1.CCCCCCCc1nc(NC(C)=O)nc(NC(C)=O)n1.CCCCCCCc1nc(NCCCC)nc(NCCCC)n1.Nc1nc(N)nc(-c2ccccc2)n1. The Balaban J connectivity index is 0.000000393. The van der Waals surface area contributed by atoms with Crippen molar-refractivity contribution in [2.45, 2.75) is 352 Å². The molecule has 9 rings (SSSR count). The van der Waals surface area contributed by atoms with Gasteiger partial charge in [-0.15, -0.1) is 0 Å². The summed E-state index contributed by atoms with van der Waals surface area (Å²) in [4.78, 5) is 111. The van der Waals surface area contributed by atoms with Gasteiger partial charge in [0, 0.05) is 90.0 Å². The van der Waals surface area contributed by atoms with Crippen LogP contribution in [0.4, 0.5) is 83.3 Å². The van der Waals surface area contributed by atoms with Crippen LogP contribution in [0, 0.1) is 0 Å². The lowest BCUT2D eigenvalue weighted by atomic mass is 10.1. The van der Waals surface area contributed by atoms with E-state index in [4.69, 9.17) is 57.3 Å². The topological polar surface area (TPSA) is 631 Å². The number of nitrogens with zero attached hydrogens (tertiary/aromatic N) is 23.